The zero-order chi connectivity index (χ0) is 12.4. The van der Waals surface area contributed by atoms with Crippen molar-refractivity contribution < 1.29 is 17.7 Å². The first-order chi connectivity index (χ1) is 7.30. The molecule has 7 heteroatoms. The topological polar surface area (TPSA) is 64.9 Å². The predicted octanol–water partition coefficient (Wildman–Crippen LogP) is 2.15. The van der Waals surface area contributed by atoms with Gasteiger partial charge in [-0.1, -0.05) is 19.0 Å². The summed E-state index contributed by atoms with van der Waals surface area (Å²) in [7, 11) is 0. The maximum Gasteiger partial charge on any atom is 0.397 e. The summed E-state index contributed by atoms with van der Waals surface area (Å²) < 4.78 is 40.7. The third kappa shape index (κ3) is 2.94. The Morgan fingerprint density at radius 3 is 2.25 bits per heavy atom. The van der Waals surface area contributed by atoms with Crippen molar-refractivity contribution in [3.8, 4) is 0 Å². The van der Waals surface area contributed by atoms with Crippen molar-refractivity contribution in [2.75, 3.05) is 0 Å². The van der Waals surface area contributed by atoms with E-state index in [2.05, 4.69) is 14.7 Å². The Morgan fingerprint density at radius 1 is 1.25 bits per heavy atom. The van der Waals surface area contributed by atoms with Crippen LogP contribution in [0.5, 0.6) is 0 Å². The Morgan fingerprint density at radius 2 is 1.81 bits per heavy atom. The molecule has 0 aliphatic carbocycles. The summed E-state index contributed by atoms with van der Waals surface area (Å²) in [5, 5.41) is 3.50. The molecule has 0 radical (unpaired) electrons. The van der Waals surface area contributed by atoms with Crippen molar-refractivity contribution in [3.63, 3.8) is 0 Å². The maximum atomic E-state index is 12.1. The summed E-state index contributed by atoms with van der Waals surface area (Å²) in [5.74, 6) is -0.309. The highest BCUT2D eigenvalue weighted by molar-refractivity contribution is 5.03. The molecule has 1 rings (SSSR count). The highest BCUT2D eigenvalue weighted by Gasteiger charge is 2.34. The van der Waals surface area contributed by atoms with Gasteiger partial charge in [-0.05, 0) is 12.8 Å². The van der Waals surface area contributed by atoms with Gasteiger partial charge in [0, 0.05) is 0 Å². The smallest absolute Gasteiger partial charge is 0.339 e. The van der Waals surface area contributed by atoms with Crippen molar-refractivity contribution in [1.82, 2.24) is 10.1 Å². The standard InChI is InChI=1S/C9H14F3N3O/c1-3-8(13,4-2)7-14-6(16-15-7)5-9(10,11)12/h3-5,13H2,1-2H3. The van der Waals surface area contributed by atoms with Gasteiger partial charge < -0.3 is 10.3 Å². The zero-order valence-electron chi connectivity index (χ0n) is 9.14. The average molecular weight is 237 g/mol. The Kier molecular flexibility index (Phi) is 3.57. The molecule has 1 heterocycles. The summed E-state index contributed by atoms with van der Waals surface area (Å²) in [5.41, 5.74) is 5.12. The van der Waals surface area contributed by atoms with E-state index in [1.54, 1.807) is 0 Å². The van der Waals surface area contributed by atoms with Crippen LogP contribution in [0.2, 0.25) is 0 Å². The van der Waals surface area contributed by atoms with Gasteiger partial charge in [0.15, 0.2) is 5.82 Å². The molecule has 0 aliphatic heterocycles. The number of nitrogens with zero attached hydrogens (tertiary/aromatic N) is 2. The van der Waals surface area contributed by atoms with Crippen LogP contribution < -0.4 is 5.73 Å². The fourth-order valence-electron chi connectivity index (χ4n) is 1.27. The summed E-state index contributed by atoms with van der Waals surface area (Å²) in [6, 6.07) is 0. The molecule has 0 unspecified atom stereocenters. The molecule has 92 valence electrons. The second-order valence-electron chi connectivity index (χ2n) is 3.67. The quantitative estimate of drug-likeness (QED) is 0.871. The summed E-state index contributed by atoms with van der Waals surface area (Å²) in [6.45, 7) is 3.65. The van der Waals surface area contributed by atoms with E-state index in [0.29, 0.717) is 12.8 Å². The van der Waals surface area contributed by atoms with Crippen LogP contribution in [-0.4, -0.2) is 16.3 Å². The SMILES string of the molecule is CCC(N)(CC)c1noc(CC(F)(F)F)n1. The number of hydrogen-bond donors (Lipinski definition) is 1. The second-order valence-corrected chi connectivity index (χ2v) is 3.67. The molecular weight excluding hydrogens is 223 g/mol. The molecule has 2 N–H and O–H groups in total. The van der Waals surface area contributed by atoms with Crippen LogP contribution in [0.4, 0.5) is 13.2 Å². The van der Waals surface area contributed by atoms with Gasteiger partial charge in [0.05, 0.1) is 5.54 Å². The van der Waals surface area contributed by atoms with Crippen molar-refractivity contribution in [3.05, 3.63) is 11.7 Å². The van der Waals surface area contributed by atoms with Gasteiger partial charge >= 0.3 is 6.18 Å². The molecule has 0 saturated carbocycles. The highest BCUT2D eigenvalue weighted by atomic mass is 19.4. The van der Waals surface area contributed by atoms with Crippen LogP contribution in [-0.2, 0) is 12.0 Å². The fourth-order valence-corrected chi connectivity index (χ4v) is 1.27. The fraction of sp³-hybridized carbons (Fsp3) is 0.778. The Labute approximate surface area is 91.0 Å². The molecule has 0 saturated heterocycles. The minimum atomic E-state index is -4.35. The van der Waals surface area contributed by atoms with Crippen LogP contribution in [0.1, 0.15) is 38.4 Å². The summed E-state index contributed by atoms with van der Waals surface area (Å²) >= 11 is 0. The first-order valence-electron chi connectivity index (χ1n) is 4.99. The van der Waals surface area contributed by atoms with Gasteiger partial charge in [0.25, 0.3) is 0 Å². The summed E-state index contributed by atoms with van der Waals surface area (Å²) in [4.78, 5) is 3.69. The Bertz CT molecular complexity index is 344. The number of aromatic nitrogens is 2. The van der Waals surface area contributed by atoms with Crippen LogP contribution >= 0.6 is 0 Å². The summed E-state index contributed by atoms with van der Waals surface area (Å²) in [6.07, 6.45) is -4.49. The lowest BCUT2D eigenvalue weighted by atomic mass is 9.93. The molecule has 0 aliphatic rings. The van der Waals surface area contributed by atoms with E-state index in [9.17, 15) is 13.2 Å². The average Bonchev–Trinajstić information content (AvgIpc) is 2.63. The molecular formula is C9H14F3N3O. The predicted molar refractivity (Wildman–Crippen MR) is 50.5 cm³/mol. The van der Waals surface area contributed by atoms with E-state index in [1.807, 2.05) is 13.8 Å². The van der Waals surface area contributed by atoms with Gasteiger partial charge in [-0.15, -0.1) is 0 Å². The number of alkyl halides is 3. The first-order valence-corrected chi connectivity index (χ1v) is 4.99. The molecule has 16 heavy (non-hydrogen) atoms. The molecule has 4 nitrogen and oxygen atoms in total. The number of hydrogen-bond acceptors (Lipinski definition) is 4. The number of nitrogens with two attached hydrogens (primary N) is 1. The normalized spacial score (nSPS) is 13.1. The van der Waals surface area contributed by atoms with Gasteiger partial charge in [-0.25, -0.2) is 0 Å². The third-order valence-corrected chi connectivity index (χ3v) is 2.53. The van der Waals surface area contributed by atoms with E-state index in [1.165, 1.54) is 0 Å². The molecule has 0 aromatic carbocycles. The van der Waals surface area contributed by atoms with Gasteiger partial charge in [-0.3, -0.25) is 0 Å². The molecule has 0 spiro atoms. The zero-order valence-corrected chi connectivity index (χ0v) is 9.14. The molecule has 0 bridgehead atoms. The second kappa shape index (κ2) is 4.40. The van der Waals surface area contributed by atoms with E-state index in [-0.39, 0.29) is 5.82 Å². The lowest BCUT2D eigenvalue weighted by molar-refractivity contribution is -0.131. The minimum Gasteiger partial charge on any atom is -0.339 e. The van der Waals surface area contributed by atoms with Gasteiger partial charge in [-0.2, -0.15) is 18.2 Å². The van der Waals surface area contributed by atoms with Crippen molar-refractivity contribution in [2.45, 2.75) is 44.8 Å². The molecule has 1 aromatic rings. The van der Waals surface area contributed by atoms with Crippen LogP contribution in [0.25, 0.3) is 0 Å². The Balaban J connectivity index is 2.86. The van der Waals surface area contributed by atoms with E-state index < -0.39 is 24.0 Å². The number of halogens is 3. The lowest BCUT2D eigenvalue weighted by Gasteiger charge is -2.21. The molecule has 0 atom stereocenters. The van der Waals surface area contributed by atoms with E-state index >= 15 is 0 Å². The van der Waals surface area contributed by atoms with Crippen LogP contribution in [0, 0.1) is 0 Å². The first kappa shape index (κ1) is 13.0. The molecule has 0 amide bonds. The molecule has 0 fully saturated rings. The van der Waals surface area contributed by atoms with E-state index in [4.69, 9.17) is 5.73 Å². The number of rotatable bonds is 4. The van der Waals surface area contributed by atoms with E-state index in [0.717, 1.165) is 0 Å². The van der Waals surface area contributed by atoms with Gasteiger partial charge in [0.2, 0.25) is 5.89 Å². The van der Waals surface area contributed by atoms with Gasteiger partial charge in [0.1, 0.15) is 6.42 Å². The highest BCUT2D eigenvalue weighted by Crippen LogP contribution is 2.25. The minimum absolute atomic E-state index is 0.136. The van der Waals surface area contributed by atoms with Crippen LogP contribution in [0.15, 0.2) is 4.52 Å². The van der Waals surface area contributed by atoms with Crippen molar-refractivity contribution in [1.29, 1.82) is 0 Å². The Hall–Kier alpha value is -1.11. The van der Waals surface area contributed by atoms with Crippen molar-refractivity contribution >= 4 is 0 Å². The monoisotopic (exact) mass is 237 g/mol. The largest absolute Gasteiger partial charge is 0.397 e. The molecule has 1 aromatic heterocycles. The maximum absolute atomic E-state index is 12.1. The van der Waals surface area contributed by atoms with Crippen molar-refractivity contribution in [2.24, 2.45) is 5.73 Å². The van der Waals surface area contributed by atoms with Crippen LogP contribution in [0.3, 0.4) is 0 Å². The lowest BCUT2D eigenvalue weighted by Crippen LogP contribution is -2.36. The third-order valence-electron chi connectivity index (χ3n) is 2.53.